The molecule has 10 heteroatoms. The summed E-state index contributed by atoms with van der Waals surface area (Å²) >= 11 is 0. The predicted molar refractivity (Wildman–Crippen MR) is 155 cm³/mol. The zero-order valence-electron chi connectivity index (χ0n) is 21.9. The molecule has 1 aliphatic heterocycles. The molecule has 39 heavy (non-hydrogen) atoms. The molecule has 0 saturated carbocycles. The number of hydrogen-bond acceptors (Lipinski definition) is 7. The number of anilines is 5. The topological polar surface area (TPSA) is 130 Å². The van der Waals surface area contributed by atoms with Crippen LogP contribution in [0, 0.1) is 0 Å². The number of benzene rings is 2. The SMILES string of the molecule is C=CC(=O)Nc1ccc(C(=O)Nc2cccc(Nc3cc(N4CCCC(N)C4)nc4c(CC)cnn34)c2)cc1. The van der Waals surface area contributed by atoms with Crippen LogP contribution in [0.3, 0.4) is 0 Å². The third-order valence-electron chi connectivity index (χ3n) is 6.69. The first-order chi connectivity index (χ1) is 18.9. The van der Waals surface area contributed by atoms with Gasteiger partial charge in [0, 0.05) is 53.4 Å². The van der Waals surface area contributed by atoms with Gasteiger partial charge in [0.1, 0.15) is 11.6 Å². The Kier molecular flexibility index (Phi) is 7.55. The lowest BCUT2D eigenvalue weighted by Gasteiger charge is -2.32. The summed E-state index contributed by atoms with van der Waals surface area (Å²) in [4.78, 5) is 31.5. The van der Waals surface area contributed by atoms with Crippen LogP contribution in [-0.4, -0.2) is 45.5 Å². The zero-order valence-corrected chi connectivity index (χ0v) is 21.9. The van der Waals surface area contributed by atoms with E-state index >= 15 is 0 Å². The molecule has 2 amide bonds. The molecule has 0 radical (unpaired) electrons. The largest absolute Gasteiger partial charge is 0.355 e. The van der Waals surface area contributed by atoms with Crippen molar-refractivity contribution in [2.45, 2.75) is 32.2 Å². The highest BCUT2D eigenvalue weighted by Gasteiger charge is 2.21. The molecule has 1 unspecified atom stereocenters. The van der Waals surface area contributed by atoms with Crippen LogP contribution in [0.4, 0.5) is 28.7 Å². The van der Waals surface area contributed by atoms with Crippen LogP contribution in [0.25, 0.3) is 5.65 Å². The number of piperidine rings is 1. The summed E-state index contributed by atoms with van der Waals surface area (Å²) in [5.74, 6) is 1.07. The molecule has 0 bridgehead atoms. The highest BCUT2D eigenvalue weighted by molar-refractivity contribution is 6.05. The summed E-state index contributed by atoms with van der Waals surface area (Å²) in [5.41, 5.74) is 10.6. The number of carbonyl (C=O) groups excluding carboxylic acids is 2. The monoisotopic (exact) mass is 524 g/mol. The minimum absolute atomic E-state index is 0.131. The maximum Gasteiger partial charge on any atom is 0.255 e. The first kappa shape index (κ1) is 25.9. The summed E-state index contributed by atoms with van der Waals surface area (Å²) in [6.07, 6.45) is 5.92. The van der Waals surface area contributed by atoms with Gasteiger partial charge in [0.2, 0.25) is 5.91 Å². The molecule has 0 aliphatic carbocycles. The second-order valence-corrected chi connectivity index (χ2v) is 9.54. The number of hydrogen-bond donors (Lipinski definition) is 4. The number of aromatic nitrogens is 3. The predicted octanol–water partition coefficient (Wildman–Crippen LogP) is 4.34. The van der Waals surface area contributed by atoms with E-state index in [0.717, 1.165) is 60.9 Å². The van der Waals surface area contributed by atoms with Crippen molar-refractivity contribution in [2.75, 3.05) is 33.9 Å². The van der Waals surface area contributed by atoms with Gasteiger partial charge in [-0.15, -0.1) is 0 Å². The number of rotatable bonds is 8. The van der Waals surface area contributed by atoms with Crippen LogP contribution < -0.4 is 26.6 Å². The van der Waals surface area contributed by atoms with Crippen LogP contribution >= 0.6 is 0 Å². The number of carbonyl (C=O) groups is 2. The third-order valence-corrected chi connectivity index (χ3v) is 6.69. The van der Waals surface area contributed by atoms with E-state index in [0.29, 0.717) is 16.9 Å². The fourth-order valence-corrected chi connectivity index (χ4v) is 4.64. The average molecular weight is 525 g/mol. The Labute approximate surface area is 226 Å². The second kappa shape index (κ2) is 11.4. The fraction of sp³-hybridized carbons (Fsp3) is 0.241. The zero-order chi connectivity index (χ0) is 27.4. The average Bonchev–Trinajstić information content (AvgIpc) is 3.37. The molecule has 5 N–H and O–H groups in total. The van der Waals surface area contributed by atoms with E-state index in [9.17, 15) is 9.59 Å². The smallest absolute Gasteiger partial charge is 0.255 e. The summed E-state index contributed by atoms with van der Waals surface area (Å²) in [7, 11) is 0. The van der Waals surface area contributed by atoms with Crippen molar-refractivity contribution in [3.63, 3.8) is 0 Å². The molecule has 3 heterocycles. The van der Waals surface area contributed by atoms with Crippen LogP contribution in [0.2, 0.25) is 0 Å². The maximum atomic E-state index is 12.9. The lowest BCUT2D eigenvalue weighted by atomic mass is 10.1. The number of nitrogens with one attached hydrogen (secondary N) is 3. The Morgan fingerprint density at radius 3 is 2.64 bits per heavy atom. The quantitative estimate of drug-likeness (QED) is 0.252. The molecule has 1 aliphatic rings. The normalized spacial score (nSPS) is 15.1. The van der Waals surface area contributed by atoms with Crippen LogP contribution in [0.1, 0.15) is 35.7 Å². The Morgan fingerprint density at radius 1 is 1.10 bits per heavy atom. The van der Waals surface area contributed by atoms with Crippen molar-refractivity contribution in [3.05, 3.63) is 84.6 Å². The van der Waals surface area contributed by atoms with E-state index < -0.39 is 0 Å². The Bertz CT molecular complexity index is 1510. The molecule has 0 spiro atoms. The molecule has 4 aromatic rings. The number of amides is 2. The van der Waals surface area contributed by atoms with E-state index in [1.807, 2.05) is 41.0 Å². The van der Waals surface area contributed by atoms with Crippen molar-refractivity contribution >= 4 is 46.2 Å². The molecule has 1 fully saturated rings. The Balaban J connectivity index is 1.36. The lowest BCUT2D eigenvalue weighted by molar-refractivity contribution is -0.111. The van der Waals surface area contributed by atoms with Gasteiger partial charge < -0.3 is 26.6 Å². The van der Waals surface area contributed by atoms with E-state index in [4.69, 9.17) is 10.7 Å². The number of fused-ring (bicyclic) bond motifs is 1. The van der Waals surface area contributed by atoms with Gasteiger partial charge in [-0.3, -0.25) is 9.59 Å². The van der Waals surface area contributed by atoms with Crippen molar-refractivity contribution in [2.24, 2.45) is 5.73 Å². The number of aryl methyl sites for hydroxylation is 1. The van der Waals surface area contributed by atoms with Crippen LogP contribution in [0.15, 0.2) is 73.4 Å². The highest BCUT2D eigenvalue weighted by Crippen LogP contribution is 2.27. The van der Waals surface area contributed by atoms with Crippen molar-refractivity contribution in [1.29, 1.82) is 0 Å². The highest BCUT2D eigenvalue weighted by atomic mass is 16.2. The molecule has 1 atom stereocenters. The molecule has 10 nitrogen and oxygen atoms in total. The van der Waals surface area contributed by atoms with Gasteiger partial charge in [0.15, 0.2) is 5.65 Å². The van der Waals surface area contributed by atoms with E-state index in [2.05, 4.69) is 39.5 Å². The first-order valence-electron chi connectivity index (χ1n) is 13.0. The maximum absolute atomic E-state index is 12.9. The summed E-state index contributed by atoms with van der Waals surface area (Å²) < 4.78 is 1.81. The van der Waals surface area contributed by atoms with Crippen molar-refractivity contribution in [1.82, 2.24) is 14.6 Å². The number of nitrogens with two attached hydrogens (primary N) is 1. The fourth-order valence-electron chi connectivity index (χ4n) is 4.64. The molecule has 2 aromatic heterocycles. The van der Waals surface area contributed by atoms with E-state index in [-0.39, 0.29) is 17.9 Å². The van der Waals surface area contributed by atoms with Gasteiger partial charge >= 0.3 is 0 Å². The molecular weight excluding hydrogens is 492 g/mol. The molecule has 5 rings (SSSR count). The third kappa shape index (κ3) is 5.91. The van der Waals surface area contributed by atoms with Crippen molar-refractivity contribution in [3.8, 4) is 0 Å². The summed E-state index contributed by atoms with van der Waals surface area (Å²) in [6.45, 7) is 7.20. The Morgan fingerprint density at radius 2 is 1.90 bits per heavy atom. The molecular formula is C29H32N8O2. The van der Waals surface area contributed by atoms with Gasteiger partial charge in [0.25, 0.3) is 5.91 Å². The molecule has 2 aromatic carbocycles. The van der Waals surface area contributed by atoms with Gasteiger partial charge in [-0.2, -0.15) is 9.61 Å². The van der Waals surface area contributed by atoms with Gasteiger partial charge in [-0.1, -0.05) is 19.6 Å². The van der Waals surface area contributed by atoms with Gasteiger partial charge in [-0.05, 0) is 67.8 Å². The summed E-state index contributed by atoms with van der Waals surface area (Å²) in [6, 6.07) is 16.3. The minimum atomic E-state index is -0.310. The van der Waals surface area contributed by atoms with E-state index in [1.54, 1.807) is 24.3 Å². The van der Waals surface area contributed by atoms with E-state index in [1.165, 1.54) is 6.08 Å². The van der Waals surface area contributed by atoms with Crippen LogP contribution in [-0.2, 0) is 11.2 Å². The van der Waals surface area contributed by atoms with Gasteiger partial charge in [0.05, 0.1) is 6.20 Å². The standard InChI is InChI=1S/C29H32N8O2/c1-3-19-17-31-37-26(16-25(35-28(19)37)36-14-6-7-21(30)18-36)32-23-8-5-9-24(15-23)34-29(39)20-10-12-22(13-11-20)33-27(38)4-2/h4-5,8-13,15-17,21,32H,2-3,6-7,14,18,30H2,1H3,(H,33,38)(H,34,39). The second-order valence-electron chi connectivity index (χ2n) is 9.54. The lowest BCUT2D eigenvalue weighted by Crippen LogP contribution is -2.43. The number of nitrogens with zero attached hydrogens (tertiary/aromatic N) is 4. The summed E-state index contributed by atoms with van der Waals surface area (Å²) in [5, 5.41) is 13.6. The van der Waals surface area contributed by atoms with Crippen LogP contribution in [0.5, 0.6) is 0 Å². The molecule has 200 valence electrons. The van der Waals surface area contributed by atoms with Gasteiger partial charge in [-0.25, -0.2) is 4.98 Å². The minimum Gasteiger partial charge on any atom is -0.355 e. The first-order valence-corrected chi connectivity index (χ1v) is 13.0. The van der Waals surface area contributed by atoms with Crippen molar-refractivity contribution < 1.29 is 9.59 Å². The molecule has 1 saturated heterocycles. The Hall–Kier alpha value is -4.70.